The molecule has 1 unspecified atom stereocenters. The average molecular weight is 284 g/mol. The SMILES string of the molecule is CNC(c1cc(Cl)ccc1C)c1c(Cl)cnn1C. The van der Waals surface area contributed by atoms with Gasteiger partial charge in [-0.25, -0.2) is 0 Å². The molecule has 0 saturated heterocycles. The Hall–Kier alpha value is -1.03. The van der Waals surface area contributed by atoms with Crippen LogP contribution >= 0.6 is 23.2 Å². The maximum Gasteiger partial charge on any atom is 0.0837 e. The third kappa shape index (κ3) is 2.39. The summed E-state index contributed by atoms with van der Waals surface area (Å²) in [5, 5.41) is 8.81. The van der Waals surface area contributed by atoms with Gasteiger partial charge in [0.1, 0.15) is 0 Å². The lowest BCUT2D eigenvalue weighted by Gasteiger charge is -2.20. The molecule has 0 spiro atoms. The number of hydrogen-bond acceptors (Lipinski definition) is 2. The van der Waals surface area contributed by atoms with Crippen LogP contribution in [0.5, 0.6) is 0 Å². The maximum absolute atomic E-state index is 6.20. The van der Waals surface area contributed by atoms with Crippen LogP contribution < -0.4 is 5.32 Å². The van der Waals surface area contributed by atoms with Gasteiger partial charge in [0.15, 0.2) is 0 Å². The summed E-state index contributed by atoms with van der Waals surface area (Å²) in [4.78, 5) is 0. The van der Waals surface area contributed by atoms with Gasteiger partial charge in [-0.15, -0.1) is 0 Å². The monoisotopic (exact) mass is 283 g/mol. The lowest BCUT2D eigenvalue weighted by Crippen LogP contribution is -2.21. The molecule has 18 heavy (non-hydrogen) atoms. The van der Waals surface area contributed by atoms with Crippen LogP contribution in [0, 0.1) is 6.92 Å². The molecule has 0 fully saturated rings. The molecule has 2 aromatic rings. The topological polar surface area (TPSA) is 29.9 Å². The lowest BCUT2D eigenvalue weighted by atomic mass is 9.99. The second-order valence-electron chi connectivity index (χ2n) is 4.22. The summed E-state index contributed by atoms with van der Waals surface area (Å²) in [6, 6.07) is 5.83. The molecule has 96 valence electrons. The van der Waals surface area contributed by atoms with Crippen LogP contribution in [-0.4, -0.2) is 16.8 Å². The molecule has 0 radical (unpaired) electrons. The Labute approximate surface area is 117 Å². The Morgan fingerprint density at radius 1 is 1.33 bits per heavy atom. The van der Waals surface area contributed by atoms with Crippen LogP contribution in [0.2, 0.25) is 10.0 Å². The second-order valence-corrected chi connectivity index (χ2v) is 5.07. The van der Waals surface area contributed by atoms with Gasteiger partial charge in [-0.1, -0.05) is 29.3 Å². The van der Waals surface area contributed by atoms with Crippen molar-refractivity contribution in [3.63, 3.8) is 0 Å². The van der Waals surface area contributed by atoms with E-state index in [9.17, 15) is 0 Å². The van der Waals surface area contributed by atoms with E-state index in [2.05, 4.69) is 17.3 Å². The van der Waals surface area contributed by atoms with E-state index in [1.54, 1.807) is 10.9 Å². The van der Waals surface area contributed by atoms with Gasteiger partial charge in [0.05, 0.1) is 23.0 Å². The van der Waals surface area contributed by atoms with E-state index in [1.165, 1.54) is 0 Å². The van der Waals surface area contributed by atoms with Gasteiger partial charge >= 0.3 is 0 Å². The Balaban J connectivity index is 2.55. The number of hydrogen-bond donors (Lipinski definition) is 1. The molecule has 0 saturated carbocycles. The van der Waals surface area contributed by atoms with Gasteiger partial charge in [0.2, 0.25) is 0 Å². The Morgan fingerprint density at radius 3 is 2.61 bits per heavy atom. The predicted molar refractivity (Wildman–Crippen MR) is 75.3 cm³/mol. The summed E-state index contributed by atoms with van der Waals surface area (Å²) in [7, 11) is 3.78. The van der Waals surface area contributed by atoms with Gasteiger partial charge in [-0.05, 0) is 37.2 Å². The molecular weight excluding hydrogens is 269 g/mol. The Bertz CT molecular complexity index is 544. The van der Waals surface area contributed by atoms with E-state index in [-0.39, 0.29) is 6.04 Å². The average Bonchev–Trinajstić information content (AvgIpc) is 2.66. The van der Waals surface area contributed by atoms with E-state index < -0.39 is 0 Å². The number of rotatable bonds is 3. The van der Waals surface area contributed by atoms with Gasteiger partial charge < -0.3 is 5.32 Å². The van der Waals surface area contributed by atoms with Crippen molar-refractivity contribution in [2.45, 2.75) is 13.0 Å². The fraction of sp³-hybridized carbons (Fsp3) is 0.308. The van der Waals surface area contributed by atoms with Crippen LogP contribution in [-0.2, 0) is 7.05 Å². The van der Waals surface area contributed by atoms with Crippen molar-refractivity contribution in [2.24, 2.45) is 7.05 Å². The van der Waals surface area contributed by atoms with E-state index in [1.807, 2.05) is 32.3 Å². The molecule has 5 heteroatoms. The molecule has 0 aliphatic heterocycles. The summed E-state index contributed by atoms with van der Waals surface area (Å²) in [6.45, 7) is 2.06. The summed E-state index contributed by atoms with van der Waals surface area (Å²) in [5.41, 5.74) is 3.20. The quantitative estimate of drug-likeness (QED) is 0.936. The first-order valence-corrected chi connectivity index (χ1v) is 6.41. The smallest absolute Gasteiger partial charge is 0.0837 e. The summed E-state index contributed by atoms with van der Waals surface area (Å²) in [6.07, 6.45) is 1.65. The zero-order chi connectivity index (χ0) is 13.3. The Kier molecular flexibility index (Phi) is 3.95. The summed E-state index contributed by atoms with van der Waals surface area (Å²) >= 11 is 12.3. The number of halogens is 2. The van der Waals surface area contributed by atoms with Crippen LogP contribution in [0.4, 0.5) is 0 Å². The van der Waals surface area contributed by atoms with Gasteiger partial charge in [0.25, 0.3) is 0 Å². The Morgan fingerprint density at radius 2 is 2.06 bits per heavy atom. The molecule has 1 aromatic heterocycles. The van der Waals surface area contributed by atoms with Crippen molar-refractivity contribution in [2.75, 3.05) is 7.05 Å². The second kappa shape index (κ2) is 5.31. The number of nitrogens with zero attached hydrogens (tertiary/aromatic N) is 2. The standard InChI is InChI=1S/C13H15Cl2N3/c1-8-4-5-9(14)6-10(8)12(16-2)13-11(15)7-17-18(13)3/h4-7,12,16H,1-3H3. The van der Waals surface area contributed by atoms with Crippen molar-refractivity contribution in [1.29, 1.82) is 0 Å². The van der Waals surface area contributed by atoms with E-state index in [0.717, 1.165) is 16.8 Å². The molecule has 0 aliphatic rings. The molecule has 1 aromatic carbocycles. The third-order valence-electron chi connectivity index (χ3n) is 3.05. The zero-order valence-corrected chi connectivity index (χ0v) is 12.0. The minimum atomic E-state index is -0.0244. The molecule has 0 bridgehead atoms. The normalized spacial score (nSPS) is 12.7. The highest BCUT2D eigenvalue weighted by atomic mass is 35.5. The molecule has 1 N–H and O–H groups in total. The van der Waals surface area contributed by atoms with Gasteiger partial charge in [0, 0.05) is 12.1 Å². The predicted octanol–water partition coefficient (Wildman–Crippen LogP) is 3.34. The fourth-order valence-electron chi connectivity index (χ4n) is 2.11. The molecule has 2 rings (SSSR count). The van der Waals surface area contributed by atoms with Crippen LogP contribution in [0.25, 0.3) is 0 Å². The lowest BCUT2D eigenvalue weighted by molar-refractivity contribution is 0.604. The van der Waals surface area contributed by atoms with E-state index in [0.29, 0.717) is 10.0 Å². The third-order valence-corrected chi connectivity index (χ3v) is 3.58. The molecule has 1 heterocycles. The van der Waals surface area contributed by atoms with Crippen molar-refractivity contribution < 1.29 is 0 Å². The fourth-order valence-corrected chi connectivity index (χ4v) is 2.56. The molecule has 1 atom stereocenters. The number of aromatic nitrogens is 2. The summed E-state index contributed by atoms with van der Waals surface area (Å²) in [5.74, 6) is 0. The first-order chi connectivity index (χ1) is 8.54. The van der Waals surface area contributed by atoms with Gasteiger partial charge in [-0.3, -0.25) is 4.68 Å². The highest BCUT2D eigenvalue weighted by molar-refractivity contribution is 6.31. The highest BCUT2D eigenvalue weighted by Crippen LogP contribution is 2.30. The molecule has 0 amide bonds. The van der Waals surface area contributed by atoms with Crippen LogP contribution in [0.3, 0.4) is 0 Å². The van der Waals surface area contributed by atoms with E-state index in [4.69, 9.17) is 23.2 Å². The largest absolute Gasteiger partial charge is 0.308 e. The number of aryl methyl sites for hydroxylation is 2. The minimum Gasteiger partial charge on any atom is -0.308 e. The van der Waals surface area contributed by atoms with Crippen molar-refractivity contribution in [1.82, 2.24) is 15.1 Å². The summed E-state index contributed by atoms with van der Waals surface area (Å²) < 4.78 is 1.78. The van der Waals surface area contributed by atoms with Crippen molar-refractivity contribution in [3.05, 3.63) is 51.3 Å². The highest BCUT2D eigenvalue weighted by Gasteiger charge is 2.21. The molecule has 3 nitrogen and oxygen atoms in total. The zero-order valence-electron chi connectivity index (χ0n) is 10.5. The van der Waals surface area contributed by atoms with Crippen molar-refractivity contribution >= 4 is 23.2 Å². The van der Waals surface area contributed by atoms with Crippen molar-refractivity contribution in [3.8, 4) is 0 Å². The number of benzene rings is 1. The first kappa shape index (κ1) is 13.4. The van der Waals surface area contributed by atoms with Crippen LogP contribution in [0.1, 0.15) is 22.9 Å². The molecular formula is C13H15Cl2N3. The number of nitrogens with one attached hydrogen (secondary N) is 1. The van der Waals surface area contributed by atoms with Gasteiger partial charge in [-0.2, -0.15) is 5.10 Å². The van der Waals surface area contributed by atoms with Crippen LogP contribution in [0.15, 0.2) is 24.4 Å². The maximum atomic E-state index is 6.20. The molecule has 0 aliphatic carbocycles. The van der Waals surface area contributed by atoms with E-state index >= 15 is 0 Å². The first-order valence-electron chi connectivity index (χ1n) is 5.65. The minimum absolute atomic E-state index is 0.0244.